The monoisotopic (exact) mass is 1660 g/mol. The number of carboxylic acids is 5. The van der Waals surface area contributed by atoms with Crippen LogP contribution in [-0.4, -0.2) is 159 Å². The molecule has 5 aromatic carbocycles. The predicted octanol–water partition coefficient (Wildman–Crippen LogP) is 9.12. The molecule has 0 aliphatic rings. The van der Waals surface area contributed by atoms with E-state index in [0.717, 1.165) is 27.6 Å². The third-order valence-corrected chi connectivity index (χ3v) is 20.3. The quantitative estimate of drug-likeness (QED) is 0.0159. The van der Waals surface area contributed by atoms with Gasteiger partial charge in [-0.3, -0.25) is 62.3 Å². The van der Waals surface area contributed by atoms with E-state index in [1.807, 2.05) is 32.9 Å². The summed E-state index contributed by atoms with van der Waals surface area (Å²) in [6, 6.07) is 37.2. The molecule has 0 bridgehead atoms. The molecule has 0 saturated carbocycles. The molecule has 117 heavy (non-hydrogen) atoms. The number of H-pyrrole nitrogens is 1. The van der Waals surface area contributed by atoms with Crippen molar-refractivity contribution in [3.63, 3.8) is 0 Å². The van der Waals surface area contributed by atoms with E-state index in [1.54, 1.807) is 149 Å². The van der Waals surface area contributed by atoms with E-state index in [0.29, 0.717) is 18.4 Å². The van der Waals surface area contributed by atoms with E-state index >= 15 is 0 Å². The summed E-state index contributed by atoms with van der Waals surface area (Å²) in [6.45, 7) is 13.6. The van der Waals surface area contributed by atoms with Crippen molar-refractivity contribution in [3.8, 4) is 0 Å². The fourth-order valence-corrected chi connectivity index (χ4v) is 13.3. The standard InChI is InChI=1S/C25H34N2O9.C22H23NO6.C18H21N3O5S.C18H25NO5S/c1-4-19(28)18(10-11-21(30)31)26-24(34)17(13-22(32)33)12-20(29)23(15(2)3)27-25(35)36-14-16-8-6-5-7-9-16;1-15(24)21(17-10-6-3-7-11-17)23-22(28)18(12-19(25)26)13-20(27)29-14-16-8-4-2-5-9-16;1-13(9-15-11-19-12-20-15)18(24)21-14(10-17(22)23)7-8-27(25,26)16-5-3-2-4-6-16;1-4-16(13(2)3)18(22)19-14(12-17(20)21)10-11-25(23,24)15-8-6-5-7-9-15/h5-9,15,17-18,23H,4,10-14H2,1-3H3,(H,26,34)(H,27,35)(H,30,31)(H,32,33);2-11,18,21H,12-14H2,1H3,(H,23,28)(H,25,26);2-8,11-14H,9-10H2,1H3,(H,19,20)(H,21,24)(H,22,23);5-11,13-14,16H,4,12H2,1-3H3,(H,19,22)(H,20,21)/b;;8-7+;11-10+/t17-,18-,23-;18-,21-;13-,14+;14-,16+/m0101/s1. The third kappa shape index (κ3) is 39.0. The number of nitrogens with zero attached hydrogens (tertiary/aromatic N) is 1. The lowest BCUT2D eigenvalue weighted by atomic mass is 9.90. The number of ether oxygens (including phenoxy) is 2. The van der Waals surface area contributed by atoms with Crippen LogP contribution in [0.25, 0.3) is 0 Å². The first kappa shape index (κ1) is 98.9. The van der Waals surface area contributed by atoms with Crippen molar-refractivity contribution in [1.29, 1.82) is 0 Å². The number of imidazole rings is 1. The number of carboxylic acid groups (broad SMARTS) is 5. The van der Waals surface area contributed by atoms with Crippen LogP contribution < -0.4 is 26.6 Å². The number of aromatic nitrogens is 2. The van der Waals surface area contributed by atoms with Gasteiger partial charge >= 0.3 is 41.9 Å². The number of carbonyl (C=O) groups excluding carboxylic acids is 9. The molecule has 0 saturated heterocycles. The van der Waals surface area contributed by atoms with Crippen molar-refractivity contribution in [1.82, 2.24) is 36.6 Å². The van der Waals surface area contributed by atoms with Gasteiger partial charge in [0, 0.05) is 60.2 Å². The number of Topliss-reactive ketones (excluding diaryl/α,β-unsaturated/α-hetero) is 3. The maximum Gasteiger partial charge on any atom is 0.408 e. The molecule has 632 valence electrons. The van der Waals surface area contributed by atoms with E-state index in [-0.39, 0.29) is 84.0 Å². The van der Waals surface area contributed by atoms with Crippen LogP contribution in [0.2, 0.25) is 0 Å². The maximum atomic E-state index is 13.0. The number of aliphatic carboxylic acids is 5. The second-order valence-electron chi connectivity index (χ2n) is 27.6. The number of ketones is 3. The van der Waals surface area contributed by atoms with Crippen LogP contribution in [0.1, 0.15) is 148 Å². The molecule has 0 aliphatic carbocycles. The van der Waals surface area contributed by atoms with Crippen LogP contribution in [0, 0.1) is 35.5 Å². The number of carbonyl (C=O) groups is 14. The summed E-state index contributed by atoms with van der Waals surface area (Å²) in [5.41, 5.74) is 2.88. The number of nitrogens with one attached hydrogen (secondary N) is 6. The highest BCUT2D eigenvalue weighted by Gasteiger charge is 2.34. The van der Waals surface area contributed by atoms with Gasteiger partial charge in [0.15, 0.2) is 37.0 Å². The number of hydrogen-bond acceptors (Lipinski definition) is 21. The molecule has 9 atom stereocenters. The van der Waals surface area contributed by atoms with E-state index < -0.39 is 165 Å². The van der Waals surface area contributed by atoms with Crippen LogP contribution in [0.4, 0.5) is 4.79 Å². The summed E-state index contributed by atoms with van der Waals surface area (Å²) in [7, 11) is -7.42. The van der Waals surface area contributed by atoms with Crippen LogP contribution in [0.5, 0.6) is 0 Å². The zero-order valence-corrected chi connectivity index (χ0v) is 67.7. The summed E-state index contributed by atoms with van der Waals surface area (Å²) >= 11 is 0. The van der Waals surface area contributed by atoms with Crippen LogP contribution in [0.3, 0.4) is 0 Å². The van der Waals surface area contributed by atoms with E-state index in [2.05, 4.69) is 36.6 Å². The lowest BCUT2D eigenvalue weighted by Gasteiger charge is -2.24. The predicted molar refractivity (Wildman–Crippen MR) is 426 cm³/mol. The SMILES string of the molecule is CC(=O)[C@@H](NC(=O)[C@H](CC(=O)O)CC(=O)OCc1ccccc1)c1ccccc1.CCC(=O)[C@H](CCC(=O)O)NC(=O)[C@H](CC(=O)O)CC(=O)[C@@H](NC(=O)OCc1ccccc1)C(C)C.CC[C@H](C(=O)N[C@H](/C=C/S(=O)(=O)c1ccccc1)CC(=O)O)C(C)C.C[C@@H](Cc1cnc[nH]1)C(=O)N[C@H](/C=C/S(=O)(=O)c1ccccc1)CC(=O)O. The summed E-state index contributed by atoms with van der Waals surface area (Å²) in [6.07, 6.45) is 2.25. The Labute approximate surface area is 678 Å². The number of rotatable bonds is 44. The Balaban J connectivity index is 0.000000407. The summed E-state index contributed by atoms with van der Waals surface area (Å²) < 4.78 is 59.4. The smallest absolute Gasteiger partial charge is 0.408 e. The topological polar surface area (TPSA) is 516 Å². The Morgan fingerprint density at radius 1 is 0.479 bits per heavy atom. The Morgan fingerprint density at radius 2 is 0.915 bits per heavy atom. The average Bonchev–Trinajstić information content (AvgIpc) is 0.939. The van der Waals surface area contributed by atoms with E-state index in [9.17, 15) is 89.1 Å². The molecule has 0 unspecified atom stereocenters. The fraction of sp³-hybridized carbons (Fsp3) is 0.386. The molecule has 5 amide bonds. The minimum absolute atomic E-state index is 0.0150. The molecule has 11 N–H and O–H groups in total. The molecule has 34 heteroatoms. The average molecular weight is 1660 g/mol. The van der Waals surface area contributed by atoms with Gasteiger partial charge < -0.3 is 66.6 Å². The highest BCUT2D eigenvalue weighted by molar-refractivity contribution is 7.94. The molecular weight excluding hydrogens is 1560 g/mol. The van der Waals surface area contributed by atoms with Crippen molar-refractivity contribution in [3.05, 3.63) is 210 Å². The van der Waals surface area contributed by atoms with Gasteiger partial charge in [0.2, 0.25) is 23.6 Å². The molecule has 1 aromatic heterocycles. The van der Waals surface area contributed by atoms with Gasteiger partial charge in [0.1, 0.15) is 19.3 Å². The van der Waals surface area contributed by atoms with Gasteiger partial charge in [0.05, 0.1) is 84.2 Å². The Kier molecular flexibility index (Phi) is 43.5. The van der Waals surface area contributed by atoms with Crippen molar-refractivity contribution in [2.24, 2.45) is 35.5 Å². The lowest BCUT2D eigenvalue weighted by molar-refractivity contribution is -0.150. The van der Waals surface area contributed by atoms with Crippen molar-refractivity contribution < 1.29 is 119 Å². The van der Waals surface area contributed by atoms with Crippen molar-refractivity contribution in [2.75, 3.05) is 0 Å². The van der Waals surface area contributed by atoms with Gasteiger partial charge in [0.25, 0.3) is 0 Å². The number of aromatic amines is 1. The highest BCUT2D eigenvalue weighted by atomic mass is 32.2. The molecular formula is C83H103N7O25S2. The van der Waals surface area contributed by atoms with E-state index in [4.69, 9.17) is 29.9 Å². The van der Waals surface area contributed by atoms with Gasteiger partial charge in [-0.1, -0.05) is 176 Å². The summed E-state index contributed by atoms with van der Waals surface area (Å²) in [5.74, 6) is -13.6. The number of esters is 1. The Morgan fingerprint density at radius 3 is 1.32 bits per heavy atom. The van der Waals surface area contributed by atoms with Gasteiger partial charge in [-0.15, -0.1) is 0 Å². The molecule has 6 rings (SSSR count). The molecule has 0 radical (unpaired) electrons. The lowest BCUT2D eigenvalue weighted by Crippen LogP contribution is -2.48. The number of alkyl carbamates (subject to hydrolysis) is 1. The maximum absolute atomic E-state index is 13.0. The minimum atomic E-state index is -3.73. The first-order valence-electron chi connectivity index (χ1n) is 37.3. The van der Waals surface area contributed by atoms with Crippen LogP contribution in [-0.2, 0) is 111 Å². The number of hydrogen-bond donors (Lipinski definition) is 11. The molecule has 0 spiro atoms. The highest BCUT2D eigenvalue weighted by Crippen LogP contribution is 2.22. The molecule has 0 aliphatic heterocycles. The number of sulfone groups is 2. The number of benzene rings is 5. The zero-order chi connectivity index (χ0) is 87.4. The Hall–Kier alpha value is -12.3. The van der Waals surface area contributed by atoms with Gasteiger partial charge in [-0.25, -0.2) is 26.6 Å². The summed E-state index contributed by atoms with van der Waals surface area (Å²) in [5, 5.41) is 59.8. The molecule has 6 aromatic rings. The van der Waals surface area contributed by atoms with Crippen LogP contribution in [0.15, 0.2) is 197 Å². The van der Waals surface area contributed by atoms with Crippen molar-refractivity contribution >= 4 is 103 Å². The van der Waals surface area contributed by atoms with Crippen LogP contribution >= 0.6 is 0 Å². The minimum Gasteiger partial charge on any atom is -0.481 e. The Bertz CT molecular complexity index is 4530. The van der Waals surface area contributed by atoms with E-state index in [1.165, 1.54) is 49.7 Å². The second-order valence-corrected chi connectivity index (χ2v) is 31.2. The zero-order valence-electron chi connectivity index (χ0n) is 66.1. The largest absolute Gasteiger partial charge is 0.481 e. The van der Waals surface area contributed by atoms with Gasteiger partial charge in [-0.2, -0.15) is 0 Å². The normalized spacial score (nSPS) is 13.5. The third-order valence-electron chi connectivity index (χ3n) is 17.4. The first-order chi connectivity index (χ1) is 55.2. The second kappa shape index (κ2) is 51.5. The van der Waals surface area contributed by atoms with Crippen molar-refractivity contribution in [2.45, 2.75) is 179 Å². The number of amides is 5. The van der Waals surface area contributed by atoms with Gasteiger partial charge in [-0.05, 0) is 84.7 Å². The first-order valence-corrected chi connectivity index (χ1v) is 40.4. The molecule has 0 fully saturated rings. The fourth-order valence-electron chi connectivity index (χ4n) is 11.1. The molecule has 1 heterocycles. The molecule has 32 nitrogen and oxygen atoms in total. The summed E-state index contributed by atoms with van der Waals surface area (Å²) in [4.78, 5) is 174.